The van der Waals surface area contributed by atoms with Gasteiger partial charge in [-0.05, 0) is 56.5 Å². The summed E-state index contributed by atoms with van der Waals surface area (Å²) in [7, 11) is 0. The number of hydrogen-bond donors (Lipinski definition) is 3. The molecule has 3 N–H and O–H groups in total. The van der Waals surface area contributed by atoms with Crippen LogP contribution in [-0.2, 0) is 9.59 Å². The summed E-state index contributed by atoms with van der Waals surface area (Å²) in [6, 6.07) is 5.65. The van der Waals surface area contributed by atoms with Gasteiger partial charge in [0, 0.05) is 23.2 Å². The Balaban J connectivity index is 0.00000192. The minimum Gasteiger partial charge on any atom is -0.326 e. The molecule has 1 aliphatic carbocycles. The molecule has 1 aromatic rings. The molecule has 126 valence electrons. The molecule has 1 aliphatic heterocycles. The highest BCUT2D eigenvalue weighted by Crippen LogP contribution is 2.31. The van der Waals surface area contributed by atoms with Crippen LogP contribution in [0.2, 0.25) is 0 Å². The fourth-order valence-corrected chi connectivity index (χ4v) is 2.55. The summed E-state index contributed by atoms with van der Waals surface area (Å²) < 4.78 is 0. The van der Waals surface area contributed by atoms with Gasteiger partial charge in [-0.1, -0.05) is 13.0 Å². The second kappa shape index (κ2) is 7.32. The highest BCUT2D eigenvalue weighted by molar-refractivity contribution is 5.97. The van der Waals surface area contributed by atoms with Crippen LogP contribution in [0.1, 0.15) is 25.3 Å². The number of aryl methyl sites for hydroxylation is 1. The van der Waals surface area contributed by atoms with Gasteiger partial charge in [0.1, 0.15) is 0 Å². The Morgan fingerprint density at radius 1 is 1.22 bits per heavy atom. The zero-order chi connectivity index (χ0) is 15.7. The summed E-state index contributed by atoms with van der Waals surface area (Å²) in [4.78, 5) is 24.2. The summed E-state index contributed by atoms with van der Waals surface area (Å²) in [6.45, 7) is 5.74. The first-order valence-corrected chi connectivity index (χ1v) is 7.97. The van der Waals surface area contributed by atoms with Gasteiger partial charge in [-0.2, -0.15) is 0 Å². The van der Waals surface area contributed by atoms with E-state index in [2.05, 4.69) is 16.0 Å². The second-order valence-electron chi connectivity index (χ2n) is 6.49. The molecular weight excluding hydrogens is 314 g/mol. The Bertz CT molecular complexity index is 598. The predicted molar refractivity (Wildman–Crippen MR) is 93.9 cm³/mol. The average molecular weight is 338 g/mol. The number of nitrogens with one attached hydrogen (secondary N) is 3. The number of hydrogen-bond acceptors (Lipinski definition) is 3. The predicted octanol–water partition coefficient (Wildman–Crippen LogP) is 2.56. The van der Waals surface area contributed by atoms with E-state index in [1.165, 1.54) is 0 Å². The van der Waals surface area contributed by atoms with Crippen LogP contribution in [0.5, 0.6) is 0 Å². The molecule has 2 fully saturated rings. The van der Waals surface area contributed by atoms with E-state index in [0.29, 0.717) is 5.92 Å². The van der Waals surface area contributed by atoms with Crippen molar-refractivity contribution in [3.63, 3.8) is 0 Å². The zero-order valence-corrected chi connectivity index (χ0v) is 14.3. The monoisotopic (exact) mass is 337 g/mol. The molecule has 2 amide bonds. The summed E-state index contributed by atoms with van der Waals surface area (Å²) in [5.74, 6) is 0.698. The van der Waals surface area contributed by atoms with Crippen LogP contribution < -0.4 is 16.0 Å². The molecule has 1 atom stereocenters. The molecule has 1 heterocycles. The van der Waals surface area contributed by atoms with E-state index in [9.17, 15) is 9.59 Å². The lowest BCUT2D eigenvalue weighted by Gasteiger charge is -2.31. The number of benzene rings is 1. The molecule has 1 unspecified atom stereocenters. The summed E-state index contributed by atoms with van der Waals surface area (Å²) in [5.41, 5.74) is 2.52. The van der Waals surface area contributed by atoms with Crippen LogP contribution in [0.4, 0.5) is 11.4 Å². The lowest BCUT2D eigenvalue weighted by molar-refractivity contribution is -0.121. The zero-order valence-electron chi connectivity index (χ0n) is 13.5. The number of rotatable bonds is 5. The Hall–Kier alpha value is -1.59. The van der Waals surface area contributed by atoms with Crippen molar-refractivity contribution >= 4 is 35.6 Å². The molecule has 1 aromatic carbocycles. The van der Waals surface area contributed by atoms with Crippen LogP contribution in [0.25, 0.3) is 0 Å². The number of carbonyl (C=O) groups excluding carboxylic acids is 2. The van der Waals surface area contributed by atoms with E-state index in [1.807, 2.05) is 32.0 Å². The Labute approximate surface area is 143 Å². The normalized spacial score (nSPS) is 18.3. The van der Waals surface area contributed by atoms with Crippen LogP contribution >= 0.6 is 12.4 Å². The smallest absolute Gasteiger partial charge is 0.227 e. The quantitative estimate of drug-likeness (QED) is 0.773. The number of amides is 2. The van der Waals surface area contributed by atoms with Gasteiger partial charge in [0.05, 0.1) is 0 Å². The maximum Gasteiger partial charge on any atom is 0.227 e. The minimum absolute atomic E-state index is 0. The minimum atomic E-state index is -0.00892. The molecule has 5 nitrogen and oxygen atoms in total. The van der Waals surface area contributed by atoms with E-state index in [-0.39, 0.29) is 36.1 Å². The van der Waals surface area contributed by atoms with Crippen molar-refractivity contribution in [3.8, 4) is 0 Å². The molecule has 0 aromatic heterocycles. The summed E-state index contributed by atoms with van der Waals surface area (Å²) >= 11 is 0. The maximum absolute atomic E-state index is 12.3. The van der Waals surface area contributed by atoms with Crippen molar-refractivity contribution in [1.82, 2.24) is 5.32 Å². The Kier molecular flexibility index (Phi) is 5.65. The molecule has 1 saturated heterocycles. The van der Waals surface area contributed by atoms with Gasteiger partial charge in [-0.3, -0.25) is 9.59 Å². The fraction of sp³-hybridized carbons (Fsp3) is 0.529. The molecule has 3 rings (SSSR count). The third kappa shape index (κ3) is 4.24. The lowest BCUT2D eigenvalue weighted by Crippen LogP contribution is -2.48. The van der Waals surface area contributed by atoms with E-state index in [0.717, 1.165) is 42.9 Å². The molecule has 1 saturated carbocycles. The van der Waals surface area contributed by atoms with Crippen molar-refractivity contribution in [1.29, 1.82) is 0 Å². The van der Waals surface area contributed by atoms with Crippen molar-refractivity contribution in [2.24, 2.45) is 17.8 Å². The van der Waals surface area contributed by atoms with E-state index in [4.69, 9.17) is 0 Å². The molecular formula is C17H24ClN3O2. The van der Waals surface area contributed by atoms with Crippen molar-refractivity contribution in [2.75, 3.05) is 23.7 Å². The molecule has 0 radical (unpaired) electrons. The summed E-state index contributed by atoms with van der Waals surface area (Å²) in [5, 5.41) is 9.11. The third-order valence-corrected chi connectivity index (χ3v) is 4.64. The van der Waals surface area contributed by atoms with Crippen LogP contribution in [-0.4, -0.2) is 24.9 Å². The van der Waals surface area contributed by atoms with Gasteiger partial charge >= 0.3 is 0 Å². The van der Waals surface area contributed by atoms with Crippen molar-refractivity contribution in [2.45, 2.75) is 26.7 Å². The van der Waals surface area contributed by atoms with E-state index >= 15 is 0 Å². The fourth-order valence-electron chi connectivity index (χ4n) is 2.55. The molecule has 6 heteroatoms. The highest BCUT2D eigenvalue weighted by Gasteiger charge is 2.30. The van der Waals surface area contributed by atoms with Gasteiger partial charge in [-0.15, -0.1) is 12.4 Å². The molecule has 0 spiro atoms. The van der Waals surface area contributed by atoms with Crippen LogP contribution in [0.3, 0.4) is 0 Å². The first-order valence-electron chi connectivity index (χ1n) is 7.97. The summed E-state index contributed by atoms with van der Waals surface area (Å²) in [6.07, 6.45) is 1.96. The molecule has 0 bridgehead atoms. The van der Waals surface area contributed by atoms with Crippen LogP contribution in [0.15, 0.2) is 18.2 Å². The van der Waals surface area contributed by atoms with Crippen molar-refractivity contribution in [3.05, 3.63) is 23.8 Å². The Morgan fingerprint density at radius 3 is 2.48 bits per heavy atom. The molecule has 2 aliphatic rings. The largest absolute Gasteiger partial charge is 0.326 e. The number of halogens is 1. The number of anilines is 2. The van der Waals surface area contributed by atoms with Gasteiger partial charge in [0.25, 0.3) is 0 Å². The standard InChI is InChI=1S/C17H23N3O2.ClH/c1-10-3-6-14(19-17(22)12-4-5-12)7-15(10)20-16(21)11(2)13-8-18-9-13;/h3,6-7,11-13,18H,4-5,8-9H2,1-2H3,(H,19,22)(H,20,21);1H. The van der Waals surface area contributed by atoms with Gasteiger partial charge < -0.3 is 16.0 Å². The van der Waals surface area contributed by atoms with Crippen LogP contribution in [0, 0.1) is 24.7 Å². The van der Waals surface area contributed by atoms with E-state index < -0.39 is 0 Å². The second-order valence-corrected chi connectivity index (χ2v) is 6.49. The van der Waals surface area contributed by atoms with Gasteiger partial charge in [0.15, 0.2) is 0 Å². The third-order valence-electron chi connectivity index (χ3n) is 4.64. The highest BCUT2D eigenvalue weighted by atomic mass is 35.5. The molecule has 23 heavy (non-hydrogen) atoms. The average Bonchev–Trinajstić information content (AvgIpc) is 3.24. The Morgan fingerprint density at radius 2 is 1.91 bits per heavy atom. The first kappa shape index (κ1) is 17.8. The topological polar surface area (TPSA) is 70.2 Å². The first-order chi connectivity index (χ1) is 10.5. The van der Waals surface area contributed by atoms with E-state index in [1.54, 1.807) is 0 Å². The maximum atomic E-state index is 12.3. The van der Waals surface area contributed by atoms with Gasteiger partial charge in [0.2, 0.25) is 11.8 Å². The van der Waals surface area contributed by atoms with Gasteiger partial charge in [-0.25, -0.2) is 0 Å². The number of carbonyl (C=O) groups is 2. The van der Waals surface area contributed by atoms with Crippen molar-refractivity contribution < 1.29 is 9.59 Å². The lowest BCUT2D eigenvalue weighted by atomic mass is 9.88. The SMILES string of the molecule is Cc1ccc(NC(=O)C2CC2)cc1NC(=O)C(C)C1CNC1.Cl.